The molecule has 10 heteroatoms. The van der Waals surface area contributed by atoms with Crippen molar-refractivity contribution >= 4 is 33.0 Å². The predicted molar refractivity (Wildman–Crippen MR) is 89.8 cm³/mol. The predicted octanol–water partition coefficient (Wildman–Crippen LogP) is 0.714. The Morgan fingerprint density at radius 1 is 1.30 bits per heavy atom. The molecule has 0 aromatic heterocycles. The van der Waals surface area contributed by atoms with Crippen LogP contribution in [-0.2, 0) is 10.0 Å². The molecule has 0 atom stereocenters. The number of thiocarbonyl (C=S) groups is 1. The number of piperazine rings is 1. The third kappa shape index (κ3) is 3.59. The minimum atomic E-state index is -3.77. The number of sulfonamides is 1. The Morgan fingerprint density at radius 2 is 1.91 bits per heavy atom. The zero-order valence-corrected chi connectivity index (χ0v) is 14.5. The number of hydrogen-bond acceptors (Lipinski definition) is 5. The number of rotatable bonds is 3. The SMILES string of the molecule is CNC(=S)N1CCN(S(=O)(=O)c2cc([N+](=O)[O-])ccc2C)CC1. The lowest BCUT2D eigenvalue weighted by molar-refractivity contribution is -0.385. The van der Waals surface area contributed by atoms with Crippen LogP contribution in [0.1, 0.15) is 5.56 Å². The zero-order chi connectivity index (χ0) is 17.2. The van der Waals surface area contributed by atoms with Crippen LogP contribution >= 0.6 is 12.2 Å². The maximum atomic E-state index is 12.8. The molecule has 2 rings (SSSR count). The first-order valence-corrected chi connectivity index (χ1v) is 8.84. The first-order valence-electron chi connectivity index (χ1n) is 6.99. The van der Waals surface area contributed by atoms with Crippen LogP contribution in [0.15, 0.2) is 23.1 Å². The Kier molecular flexibility index (Phi) is 5.17. The molecule has 0 spiro atoms. The molecule has 1 fully saturated rings. The van der Waals surface area contributed by atoms with Crippen LogP contribution in [0, 0.1) is 17.0 Å². The number of nitro groups is 1. The van der Waals surface area contributed by atoms with Gasteiger partial charge in [-0.05, 0) is 24.7 Å². The van der Waals surface area contributed by atoms with Crippen molar-refractivity contribution in [2.24, 2.45) is 0 Å². The van der Waals surface area contributed by atoms with Crippen LogP contribution in [0.3, 0.4) is 0 Å². The van der Waals surface area contributed by atoms with Gasteiger partial charge in [-0.1, -0.05) is 6.07 Å². The Labute approximate surface area is 140 Å². The monoisotopic (exact) mass is 358 g/mol. The average molecular weight is 358 g/mol. The van der Waals surface area contributed by atoms with Crippen molar-refractivity contribution in [2.75, 3.05) is 33.2 Å². The molecule has 1 aromatic carbocycles. The van der Waals surface area contributed by atoms with E-state index in [2.05, 4.69) is 5.32 Å². The molecule has 0 bridgehead atoms. The molecular formula is C13H18N4O4S2. The third-order valence-electron chi connectivity index (χ3n) is 3.74. The molecule has 8 nitrogen and oxygen atoms in total. The molecule has 23 heavy (non-hydrogen) atoms. The fraction of sp³-hybridized carbons (Fsp3) is 0.462. The maximum absolute atomic E-state index is 12.8. The molecule has 0 amide bonds. The highest BCUT2D eigenvalue weighted by Crippen LogP contribution is 2.25. The van der Waals surface area contributed by atoms with E-state index in [4.69, 9.17) is 12.2 Å². The highest BCUT2D eigenvalue weighted by atomic mass is 32.2. The van der Waals surface area contributed by atoms with Gasteiger partial charge in [0.2, 0.25) is 10.0 Å². The Hall–Kier alpha value is -1.78. The quantitative estimate of drug-likeness (QED) is 0.483. The average Bonchev–Trinajstić information content (AvgIpc) is 2.54. The topological polar surface area (TPSA) is 95.8 Å². The molecule has 1 aliphatic rings. The van der Waals surface area contributed by atoms with E-state index in [1.165, 1.54) is 16.4 Å². The highest BCUT2D eigenvalue weighted by Gasteiger charge is 2.31. The van der Waals surface area contributed by atoms with Gasteiger partial charge < -0.3 is 10.2 Å². The summed E-state index contributed by atoms with van der Waals surface area (Å²) in [6, 6.07) is 3.88. The fourth-order valence-corrected chi connectivity index (χ4v) is 4.26. The van der Waals surface area contributed by atoms with E-state index in [1.54, 1.807) is 14.0 Å². The highest BCUT2D eigenvalue weighted by molar-refractivity contribution is 7.89. The normalized spacial score (nSPS) is 16.2. The largest absolute Gasteiger partial charge is 0.366 e. The number of hydrogen-bond donors (Lipinski definition) is 1. The number of nitrogens with one attached hydrogen (secondary N) is 1. The third-order valence-corrected chi connectivity index (χ3v) is 6.24. The van der Waals surface area contributed by atoms with Gasteiger partial charge in [0.25, 0.3) is 5.69 Å². The molecule has 0 unspecified atom stereocenters. The lowest BCUT2D eigenvalue weighted by atomic mass is 10.2. The molecule has 1 aromatic rings. The summed E-state index contributed by atoms with van der Waals surface area (Å²) >= 11 is 5.14. The van der Waals surface area contributed by atoms with E-state index in [9.17, 15) is 18.5 Å². The molecule has 1 N–H and O–H groups in total. The van der Waals surface area contributed by atoms with Crippen molar-refractivity contribution in [2.45, 2.75) is 11.8 Å². The molecule has 126 valence electrons. The molecule has 1 heterocycles. The molecule has 0 saturated carbocycles. The summed E-state index contributed by atoms with van der Waals surface area (Å²) in [5, 5.41) is 14.3. The first kappa shape index (κ1) is 17.6. The van der Waals surface area contributed by atoms with Crippen molar-refractivity contribution in [3.05, 3.63) is 33.9 Å². The van der Waals surface area contributed by atoms with Gasteiger partial charge in [0.1, 0.15) is 0 Å². The van der Waals surface area contributed by atoms with Gasteiger partial charge in [0.05, 0.1) is 9.82 Å². The van der Waals surface area contributed by atoms with Gasteiger partial charge in [-0.15, -0.1) is 0 Å². The van der Waals surface area contributed by atoms with E-state index in [0.717, 1.165) is 6.07 Å². The number of nitro benzene ring substituents is 1. The van der Waals surface area contributed by atoms with E-state index >= 15 is 0 Å². The molecule has 0 radical (unpaired) electrons. The summed E-state index contributed by atoms with van der Waals surface area (Å²) < 4.78 is 26.9. The van der Waals surface area contributed by atoms with Crippen LogP contribution < -0.4 is 5.32 Å². The van der Waals surface area contributed by atoms with Crippen LogP contribution in [-0.4, -0.2) is 60.9 Å². The van der Waals surface area contributed by atoms with Crippen molar-refractivity contribution in [1.82, 2.24) is 14.5 Å². The van der Waals surface area contributed by atoms with Crippen LogP contribution in [0.25, 0.3) is 0 Å². The first-order chi connectivity index (χ1) is 10.8. The number of benzene rings is 1. The summed E-state index contributed by atoms with van der Waals surface area (Å²) in [4.78, 5) is 12.2. The van der Waals surface area contributed by atoms with E-state index in [1.807, 2.05) is 4.90 Å². The van der Waals surface area contributed by atoms with E-state index in [-0.39, 0.29) is 23.7 Å². The second-order valence-corrected chi connectivity index (χ2v) is 7.45. The van der Waals surface area contributed by atoms with Crippen molar-refractivity contribution < 1.29 is 13.3 Å². The van der Waals surface area contributed by atoms with Crippen LogP contribution in [0.2, 0.25) is 0 Å². The molecular weight excluding hydrogens is 340 g/mol. The fourth-order valence-electron chi connectivity index (χ4n) is 2.41. The number of aryl methyl sites for hydroxylation is 1. The second kappa shape index (κ2) is 6.77. The zero-order valence-electron chi connectivity index (χ0n) is 12.9. The summed E-state index contributed by atoms with van der Waals surface area (Å²) in [5.41, 5.74) is 0.257. The van der Waals surface area contributed by atoms with Gasteiger partial charge in [-0.2, -0.15) is 4.31 Å². The number of non-ortho nitro benzene ring substituents is 1. The van der Waals surface area contributed by atoms with Gasteiger partial charge in [-0.25, -0.2) is 8.42 Å². The van der Waals surface area contributed by atoms with Crippen LogP contribution in [0.4, 0.5) is 5.69 Å². The minimum Gasteiger partial charge on any atom is -0.366 e. The van der Waals surface area contributed by atoms with Gasteiger partial charge in [0, 0.05) is 45.4 Å². The number of nitrogens with zero attached hydrogens (tertiary/aromatic N) is 3. The Morgan fingerprint density at radius 3 is 2.43 bits per heavy atom. The van der Waals surface area contributed by atoms with E-state index < -0.39 is 14.9 Å². The summed E-state index contributed by atoms with van der Waals surface area (Å²) in [6.45, 7) is 3.15. The lowest BCUT2D eigenvalue weighted by Crippen LogP contribution is -2.52. The summed E-state index contributed by atoms with van der Waals surface area (Å²) in [5.74, 6) is 0. The molecule has 0 aliphatic carbocycles. The molecule has 1 aliphatic heterocycles. The Balaban J connectivity index is 2.25. The second-order valence-electron chi connectivity index (χ2n) is 5.15. The lowest BCUT2D eigenvalue weighted by Gasteiger charge is -2.35. The molecule has 1 saturated heterocycles. The van der Waals surface area contributed by atoms with Gasteiger partial charge >= 0.3 is 0 Å². The summed E-state index contributed by atoms with van der Waals surface area (Å²) in [7, 11) is -2.05. The van der Waals surface area contributed by atoms with Crippen molar-refractivity contribution in [3.63, 3.8) is 0 Å². The standard InChI is InChI=1S/C13H18N4O4S2/c1-10-3-4-11(17(18)19)9-12(10)23(20,21)16-7-5-15(6-8-16)13(22)14-2/h3-4,9H,5-8H2,1-2H3,(H,14,22). The Bertz CT molecular complexity index is 727. The smallest absolute Gasteiger partial charge is 0.270 e. The van der Waals surface area contributed by atoms with Crippen LogP contribution in [0.5, 0.6) is 0 Å². The summed E-state index contributed by atoms with van der Waals surface area (Å²) in [6.07, 6.45) is 0. The van der Waals surface area contributed by atoms with Gasteiger partial charge in [0.15, 0.2) is 5.11 Å². The maximum Gasteiger partial charge on any atom is 0.270 e. The van der Waals surface area contributed by atoms with Crippen molar-refractivity contribution in [1.29, 1.82) is 0 Å². The van der Waals surface area contributed by atoms with E-state index in [0.29, 0.717) is 23.8 Å². The minimum absolute atomic E-state index is 0.0173. The van der Waals surface area contributed by atoms with Gasteiger partial charge in [-0.3, -0.25) is 10.1 Å². The van der Waals surface area contributed by atoms with Crippen molar-refractivity contribution in [3.8, 4) is 0 Å².